The van der Waals surface area contributed by atoms with Gasteiger partial charge < -0.3 is 14.6 Å². The summed E-state index contributed by atoms with van der Waals surface area (Å²) in [6.07, 6.45) is 0.814. The van der Waals surface area contributed by atoms with Crippen LogP contribution in [0.2, 0.25) is 0 Å². The summed E-state index contributed by atoms with van der Waals surface area (Å²) < 4.78 is 11.0. The predicted molar refractivity (Wildman–Crippen MR) is 90.2 cm³/mol. The first-order chi connectivity index (χ1) is 10.4. The zero-order chi connectivity index (χ0) is 18.2. The molecule has 23 heavy (non-hydrogen) atoms. The Balaban J connectivity index is 5.01. The highest BCUT2D eigenvalue weighted by Crippen LogP contribution is 2.27. The maximum atomic E-state index is 12.5. The molecule has 0 rings (SSSR count). The van der Waals surface area contributed by atoms with Crippen molar-refractivity contribution in [3.05, 3.63) is 0 Å². The minimum absolute atomic E-state index is 0.192. The topological polar surface area (TPSA) is 72.8 Å². The van der Waals surface area contributed by atoms with Crippen molar-refractivity contribution >= 4 is 11.9 Å². The zero-order valence-electron chi connectivity index (χ0n) is 15.7. The van der Waals surface area contributed by atoms with E-state index in [-0.39, 0.29) is 5.92 Å². The summed E-state index contributed by atoms with van der Waals surface area (Å²) in [5.74, 6) is -2.22. The number of carboxylic acids is 1. The second kappa shape index (κ2) is 9.91. The first kappa shape index (κ1) is 21.9. The molecule has 0 aromatic carbocycles. The Morgan fingerprint density at radius 2 is 1.57 bits per heavy atom. The molecule has 1 unspecified atom stereocenters. The van der Waals surface area contributed by atoms with Crippen molar-refractivity contribution in [1.29, 1.82) is 0 Å². The number of ether oxygens (including phenoxy) is 2. The molecule has 0 heterocycles. The Morgan fingerprint density at radius 1 is 1.00 bits per heavy atom. The normalized spacial score (nSPS) is 14.8. The molecule has 0 radical (unpaired) electrons. The lowest BCUT2D eigenvalue weighted by atomic mass is 9.83. The number of esters is 1. The molecule has 0 fully saturated rings. The monoisotopic (exact) mass is 330 g/mol. The summed E-state index contributed by atoms with van der Waals surface area (Å²) in [4.78, 5) is 24.1. The number of rotatable bonds is 10. The first-order valence-electron chi connectivity index (χ1n) is 8.47. The van der Waals surface area contributed by atoms with Crippen molar-refractivity contribution in [2.45, 2.75) is 66.9 Å². The third-order valence-electron chi connectivity index (χ3n) is 3.26. The van der Waals surface area contributed by atoms with Gasteiger partial charge >= 0.3 is 11.9 Å². The largest absolute Gasteiger partial charge is 0.481 e. The Labute approximate surface area is 140 Å². The Bertz CT molecular complexity index is 368. The minimum atomic E-state index is -0.946. The Morgan fingerprint density at radius 3 is 1.96 bits per heavy atom. The number of carboxylic acid groups (broad SMARTS) is 1. The van der Waals surface area contributed by atoms with Crippen molar-refractivity contribution in [2.75, 3.05) is 13.2 Å². The quantitative estimate of drug-likeness (QED) is 0.488. The molecule has 0 amide bonds. The average molecular weight is 330 g/mol. The molecule has 0 aliphatic heterocycles. The molecule has 0 saturated heterocycles. The van der Waals surface area contributed by atoms with E-state index in [4.69, 9.17) is 9.47 Å². The van der Waals surface area contributed by atoms with Crippen LogP contribution >= 0.6 is 0 Å². The fourth-order valence-corrected chi connectivity index (χ4v) is 2.34. The Kier molecular flexibility index (Phi) is 9.44. The highest BCUT2D eigenvalue weighted by molar-refractivity contribution is 5.81. The average Bonchev–Trinajstić information content (AvgIpc) is 2.33. The number of hydrogen-bond acceptors (Lipinski definition) is 4. The molecule has 0 saturated carbocycles. The lowest BCUT2D eigenvalue weighted by molar-refractivity contribution is -0.168. The van der Waals surface area contributed by atoms with E-state index < -0.39 is 29.4 Å². The predicted octanol–water partition coefficient (Wildman–Crippen LogP) is 3.75. The van der Waals surface area contributed by atoms with E-state index in [0.29, 0.717) is 32.0 Å². The minimum Gasteiger partial charge on any atom is -0.481 e. The molecule has 0 aromatic heterocycles. The second-order valence-corrected chi connectivity index (χ2v) is 7.97. The van der Waals surface area contributed by atoms with E-state index >= 15 is 0 Å². The number of carbonyl (C=O) groups is 2. The van der Waals surface area contributed by atoms with Crippen LogP contribution in [0.25, 0.3) is 0 Å². The van der Waals surface area contributed by atoms with Crippen molar-refractivity contribution in [3.63, 3.8) is 0 Å². The molecule has 0 aromatic rings. The van der Waals surface area contributed by atoms with Crippen LogP contribution in [-0.2, 0) is 19.1 Å². The standard InChI is InChI=1S/C18H34O5/c1-12(2)10-15(16(19)20)14(8-9-22-11-13(3)4)17(21)23-18(5,6)7/h12-15H,8-11H2,1-7H3,(H,19,20)/t14?,15-/m1/s1. The van der Waals surface area contributed by atoms with Crippen LogP contribution in [0.15, 0.2) is 0 Å². The molecule has 0 bridgehead atoms. The van der Waals surface area contributed by atoms with Gasteiger partial charge in [0.25, 0.3) is 0 Å². The number of carbonyl (C=O) groups excluding carboxylic acids is 1. The lowest BCUT2D eigenvalue weighted by Gasteiger charge is -2.28. The van der Waals surface area contributed by atoms with Crippen LogP contribution in [0, 0.1) is 23.7 Å². The van der Waals surface area contributed by atoms with Crippen LogP contribution in [0.4, 0.5) is 0 Å². The van der Waals surface area contributed by atoms with Crippen molar-refractivity contribution < 1.29 is 24.2 Å². The Hall–Kier alpha value is -1.10. The molecule has 0 aliphatic rings. The van der Waals surface area contributed by atoms with Gasteiger partial charge in [0.05, 0.1) is 11.8 Å². The summed E-state index contributed by atoms with van der Waals surface area (Å²) in [6, 6.07) is 0. The summed E-state index contributed by atoms with van der Waals surface area (Å²) in [5, 5.41) is 9.54. The number of hydrogen-bond donors (Lipinski definition) is 1. The maximum Gasteiger partial charge on any atom is 0.310 e. The molecule has 1 N–H and O–H groups in total. The van der Waals surface area contributed by atoms with Crippen LogP contribution in [-0.4, -0.2) is 35.9 Å². The highest BCUT2D eigenvalue weighted by Gasteiger charge is 2.36. The van der Waals surface area contributed by atoms with Gasteiger partial charge in [-0.1, -0.05) is 27.7 Å². The zero-order valence-corrected chi connectivity index (χ0v) is 15.7. The maximum absolute atomic E-state index is 12.5. The van der Waals surface area contributed by atoms with Gasteiger partial charge in [-0.05, 0) is 45.4 Å². The molecule has 2 atom stereocenters. The van der Waals surface area contributed by atoms with E-state index in [0.717, 1.165) is 0 Å². The fraction of sp³-hybridized carbons (Fsp3) is 0.889. The molecule has 0 aliphatic carbocycles. The van der Waals surface area contributed by atoms with E-state index in [2.05, 4.69) is 0 Å². The summed E-state index contributed by atoms with van der Waals surface area (Å²) in [7, 11) is 0. The van der Waals surface area contributed by atoms with Gasteiger partial charge in [-0.2, -0.15) is 0 Å². The lowest BCUT2D eigenvalue weighted by Crippen LogP contribution is -2.37. The van der Waals surface area contributed by atoms with Crippen LogP contribution in [0.5, 0.6) is 0 Å². The molecule has 136 valence electrons. The summed E-state index contributed by atoms with van der Waals surface area (Å²) >= 11 is 0. The SMILES string of the molecule is CC(C)COCCC(C(=O)OC(C)(C)C)[C@@H](CC(C)C)C(=O)O. The smallest absolute Gasteiger partial charge is 0.310 e. The van der Waals surface area contributed by atoms with E-state index in [1.807, 2.05) is 27.7 Å². The third kappa shape index (κ3) is 10.3. The van der Waals surface area contributed by atoms with Crippen LogP contribution < -0.4 is 0 Å². The number of aliphatic carboxylic acids is 1. The molecular formula is C18H34O5. The van der Waals surface area contributed by atoms with Gasteiger partial charge in [-0.3, -0.25) is 9.59 Å². The van der Waals surface area contributed by atoms with Gasteiger partial charge in [0.1, 0.15) is 5.60 Å². The van der Waals surface area contributed by atoms with Gasteiger partial charge in [-0.15, -0.1) is 0 Å². The van der Waals surface area contributed by atoms with Crippen LogP contribution in [0.1, 0.15) is 61.3 Å². The third-order valence-corrected chi connectivity index (χ3v) is 3.26. The van der Waals surface area contributed by atoms with E-state index in [9.17, 15) is 14.7 Å². The molecular weight excluding hydrogens is 296 g/mol. The van der Waals surface area contributed by atoms with Crippen molar-refractivity contribution in [3.8, 4) is 0 Å². The molecule has 0 spiro atoms. The van der Waals surface area contributed by atoms with Crippen molar-refractivity contribution in [1.82, 2.24) is 0 Å². The molecule has 5 nitrogen and oxygen atoms in total. The highest BCUT2D eigenvalue weighted by atomic mass is 16.6. The van der Waals surface area contributed by atoms with Gasteiger partial charge in [0, 0.05) is 13.2 Å². The van der Waals surface area contributed by atoms with Gasteiger partial charge in [-0.25, -0.2) is 0 Å². The first-order valence-corrected chi connectivity index (χ1v) is 8.47. The van der Waals surface area contributed by atoms with Gasteiger partial charge in [0.15, 0.2) is 0 Å². The van der Waals surface area contributed by atoms with E-state index in [1.165, 1.54) is 0 Å². The van der Waals surface area contributed by atoms with Crippen molar-refractivity contribution in [2.24, 2.45) is 23.7 Å². The van der Waals surface area contributed by atoms with Crippen LogP contribution in [0.3, 0.4) is 0 Å². The summed E-state index contributed by atoms with van der Waals surface area (Å²) in [5.41, 5.74) is -0.630. The summed E-state index contributed by atoms with van der Waals surface area (Å²) in [6.45, 7) is 14.3. The van der Waals surface area contributed by atoms with Gasteiger partial charge in [0.2, 0.25) is 0 Å². The fourth-order valence-electron chi connectivity index (χ4n) is 2.34. The second-order valence-electron chi connectivity index (χ2n) is 7.97. The van der Waals surface area contributed by atoms with E-state index in [1.54, 1.807) is 20.8 Å². The molecule has 5 heteroatoms.